The molecule has 0 unspecified atom stereocenters. The Balaban J connectivity index is 1.74. The van der Waals surface area contributed by atoms with Crippen LogP contribution in [0, 0.1) is 5.92 Å². The van der Waals surface area contributed by atoms with Crippen LogP contribution in [-0.4, -0.2) is 41.8 Å². The van der Waals surface area contributed by atoms with Gasteiger partial charge in [-0.2, -0.15) is 0 Å². The van der Waals surface area contributed by atoms with Gasteiger partial charge in [0, 0.05) is 11.0 Å². The fourth-order valence-electron chi connectivity index (χ4n) is 2.34. The third-order valence-electron chi connectivity index (χ3n) is 3.66. The van der Waals surface area contributed by atoms with Crippen LogP contribution in [0.2, 0.25) is 0 Å². The van der Waals surface area contributed by atoms with Gasteiger partial charge >= 0.3 is 0 Å². The Bertz CT molecular complexity index is 809. The van der Waals surface area contributed by atoms with Crippen LogP contribution >= 0.6 is 27.7 Å². The van der Waals surface area contributed by atoms with E-state index in [0.29, 0.717) is 28.1 Å². The van der Waals surface area contributed by atoms with E-state index in [1.54, 1.807) is 18.2 Å². The minimum atomic E-state index is -0.482. The number of nitrogens with one attached hydrogen (secondary N) is 1. The molecule has 3 rings (SSSR count). The predicted octanol–water partition coefficient (Wildman–Crippen LogP) is 2.99. The summed E-state index contributed by atoms with van der Waals surface area (Å²) in [7, 11) is 0. The molecule has 0 saturated carbocycles. The molecule has 1 fully saturated rings. The molecular formula is C17H17BrN2O5S. The summed E-state index contributed by atoms with van der Waals surface area (Å²) in [5, 5.41) is 2.24. The lowest BCUT2D eigenvalue weighted by atomic mass is 10.2. The molecule has 1 aromatic rings. The molecule has 2 aliphatic heterocycles. The Morgan fingerprint density at radius 3 is 2.73 bits per heavy atom. The molecule has 0 bridgehead atoms. The van der Waals surface area contributed by atoms with Gasteiger partial charge in [0.05, 0.1) is 4.91 Å². The lowest BCUT2D eigenvalue weighted by molar-refractivity contribution is -0.129. The number of carbonyl (C=O) groups is 3. The Labute approximate surface area is 163 Å². The number of benzene rings is 1. The Kier molecular flexibility index (Phi) is 5.57. The third kappa shape index (κ3) is 4.04. The van der Waals surface area contributed by atoms with Crippen LogP contribution in [0.4, 0.5) is 4.79 Å². The number of rotatable bonds is 5. The molecule has 7 nitrogen and oxygen atoms in total. The quantitative estimate of drug-likeness (QED) is 0.708. The van der Waals surface area contributed by atoms with Crippen molar-refractivity contribution in [3.8, 4) is 11.5 Å². The fourth-order valence-corrected chi connectivity index (χ4v) is 3.60. The molecule has 1 aromatic carbocycles. The average molecular weight is 441 g/mol. The molecular weight excluding hydrogens is 424 g/mol. The predicted molar refractivity (Wildman–Crippen MR) is 101 cm³/mol. The van der Waals surface area contributed by atoms with Crippen molar-refractivity contribution in [3.05, 3.63) is 27.1 Å². The standard InChI is InChI=1S/C17H17BrN2O5S/c1-9(2)6-19-15(21)7-20-16(22)14(26-17(20)23)4-10-3-12-13(5-11(10)18)25-8-24-12/h3-5,9H,6-8H2,1-2H3,(H,19,21)/b14-4-. The number of ether oxygens (including phenoxy) is 2. The average Bonchev–Trinajstić information content (AvgIpc) is 3.12. The number of hydrogen-bond donors (Lipinski definition) is 1. The van der Waals surface area contributed by atoms with Crippen molar-refractivity contribution in [2.45, 2.75) is 13.8 Å². The summed E-state index contributed by atoms with van der Waals surface area (Å²) in [6.07, 6.45) is 1.60. The first-order chi connectivity index (χ1) is 12.3. The maximum absolute atomic E-state index is 12.5. The van der Waals surface area contributed by atoms with Crippen molar-refractivity contribution in [2.24, 2.45) is 5.92 Å². The molecule has 2 aliphatic rings. The van der Waals surface area contributed by atoms with Crippen LogP contribution in [0.5, 0.6) is 11.5 Å². The minimum absolute atomic E-state index is 0.146. The van der Waals surface area contributed by atoms with Crippen LogP contribution in [0.1, 0.15) is 19.4 Å². The molecule has 2 heterocycles. The van der Waals surface area contributed by atoms with Crippen molar-refractivity contribution in [1.29, 1.82) is 0 Å². The van der Waals surface area contributed by atoms with E-state index in [9.17, 15) is 14.4 Å². The molecule has 0 aromatic heterocycles. The Morgan fingerprint density at radius 2 is 2.04 bits per heavy atom. The summed E-state index contributed by atoms with van der Waals surface area (Å²) < 4.78 is 11.3. The first-order valence-electron chi connectivity index (χ1n) is 7.96. The van der Waals surface area contributed by atoms with Crippen LogP contribution in [0.3, 0.4) is 0 Å². The molecule has 1 N–H and O–H groups in total. The van der Waals surface area contributed by atoms with Gasteiger partial charge in [0.1, 0.15) is 6.54 Å². The minimum Gasteiger partial charge on any atom is -0.454 e. The van der Waals surface area contributed by atoms with E-state index in [0.717, 1.165) is 16.7 Å². The number of nitrogens with zero attached hydrogens (tertiary/aromatic N) is 1. The molecule has 3 amide bonds. The van der Waals surface area contributed by atoms with Crippen molar-refractivity contribution in [3.63, 3.8) is 0 Å². The topological polar surface area (TPSA) is 84.9 Å². The molecule has 26 heavy (non-hydrogen) atoms. The largest absolute Gasteiger partial charge is 0.454 e. The van der Waals surface area contributed by atoms with Crippen molar-refractivity contribution in [2.75, 3.05) is 19.9 Å². The molecule has 0 aliphatic carbocycles. The highest BCUT2D eigenvalue weighted by Gasteiger charge is 2.36. The number of thioether (sulfide) groups is 1. The van der Waals surface area contributed by atoms with Gasteiger partial charge in [-0.25, -0.2) is 0 Å². The lowest BCUT2D eigenvalue weighted by Gasteiger charge is -2.13. The maximum atomic E-state index is 12.5. The van der Waals surface area contributed by atoms with Crippen LogP contribution < -0.4 is 14.8 Å². The lowest BCUT2D eigenvalue weighted by Crippen LogP contribution is -2.40. The summed E-state index contributed by atoms with van der Waals surface area (Å²) >= 11 is 4.23. The summed E-state index contributed by atoms with van der Waals surface area (Å²) in [6.45, 7) is 4.29. The number of hydrogen-bond acceptors (Lipinski definition) is 6. The van der Waals surface area contributed by atoms with E-state index >= 15 is 0 Å². The molecule has 9 heteroatoms. The zero-order chi connectivity index (χ0) is 18.8. The summed E-state index contributed by atoms with van der Waals surface area (Å²) in [5.41, 5.74) is 0.684. The van der Waals surface area contributed by atoms with Crippen molar-refractivity contribution < 1.29 is 23.9 Å². The molecule has 0 radical (unpaired) electrons. The first-order valence-corrected chi connectivity index (χ1v) is 9.57. The maximum Gasteiger partial charge on any atom is 0.294 e. The Morgan fingerprint density at radius 1 is 1.35 bits per heavy atom. The summed E-state index contributed by atoms with van der Waals surface area (Å²) in [5.74, 6) is 0.642. The van der Waals surface area contributed by atoms with E-state index in [2.05, 4.69) is 21.2 Å². The normalized spacial score (nSPS) is 17.5. The van der Waals surface area contributed by atoms with Gasteiger partial charge in [-0.05, 0) is 41.5 Å². The van der Waals surface area contributed by atoms with Gasteiger partial charge in [0.25, 0.3) is 11.1 Å². The highest BCUT2D eigenvalue weighted by atomic mass is 79.9. The van der Waals surface area contributed by atoms with E-state index in [1.165, 1.54) is 0 Å². The number of amides is 3. The number of carbonyl (C=O) groups excluding carboxylic acids is 3. The van der Waals surface area contributed by atoms with Crippen molar-refractivity contribution >= 4 is 50.8 Å². The van der Waals surface area contributed by atoms with Crippen LogP contribution in [0.25, 0.3) is 6.08 Å². The van der Waals surface area contributed by atoms with Gasteiger partial charge < -0.3 is 14.8 Å². The highest BCUT2D eigenvalue weighted by molar-refractivity contribution is 9.10. The SMILES string of the molecule is CC(C)CNC(=O)CN1C(=O)S/C(=C\c2cc3c(cc2Br)OCO3)C1=O. The number of imide groups is 1. The van der Waals surface area contributed by atoms with Gasteiger partial charge in [0.15, 0.2) is 11.5 Å². The molecule has 138 valence electrons. The highest BCUT2D eigenvalue weighted by Crippen LogP contribution is 2.39. The Hall–Kier alpha value is -2.00. The smallest absolute Gasteiger partial charge is 0.294 e. The monoisotopic (exact) mass is 440 g/mol. The van der Waals surface area contributed by atoms with Gasteiger partial charge in [-0.3, -0.25) is 19.3 Å². The second-order valence-corrected chi connectivity index (χ2v) is 8.04. The van der Waals surface area contributed by atoms with Gasteiger partial charge in [-0.15, -0.1) is 0 Å². The second-order valence-electron chi connectivity index (χ2n) is 6.19. The first kappa shape index (κ1) is 18.8. The van der Waals surface area contributed by atoms with Crippen molar-refractivity contribution in [1.82, 2.24) is 10.2 Å². The van der Waals surface area contributed by atoms with E-state index < -0.39 is 11.1 Å². The molecule has 0 atom stereocenters. The molecule has 0 spiro atoms. The zero-order valence-electron chi connectivity index (χ0n) is 14.2. The number of halogens is 1. The number of fused-ring (bicyclic) bond motifs is 1. The third-order valence-corrected chi connectivity index (χ3v) is 5.26. The van der Waals surface area contributed by atoms with E-state index in [-0.39, 0.29) is 30.1 Å². The second kappa shape index (κ2) is 7.71. The van der Waals surface area contributed by atoms with E-state index in [4.69, 9.17) is 9.47 Å². The van der Waals surface area contributed by atoms with Gasteiger partial charge in [0.2, 0.25) is 12.7 Å². The molecule has 1 saturated heterocycles. The summed E-state index contributed by atoms with van der Waals surface area (Å²) in [6, 6.07) is 3.48. The summed E-state index contributed by atoms with van der Waals surface area (Å²) in [4.78, 5) is 37.8. The van der Waals surface area contributed by atoms with Crippen LogP contribution in [0.15, 0.2) is 21.5 Å². The fraction of sp³-hybridized carbons (Fsp3) is 0.353. The van der Waals surface area contributed by atoms with Crippen LogP contribution in [-0.2, 0) is 9.59 Å². The zero-order valence-corrected chi connectivity index (χ0v) is 16.6. The van der Waals surface area contributed by atoms with E-state index in [1.807, 2.05) is 13.8 Å². The van der Waals surface area contributed by atoms with Gasteiger partial charge in [-0.1, -0.05) is 29.8 Å².